The van der Waals surface area contributed by atoms with Crippen LogP contribution in [0.1, 0.15) is 29.5 Å². The zero-order valence-corrected chi connectivity index (χ0v) is 21.7. The van der Waals surface area contributed by atoms with E-state index >= 15 is 0 Å². The van der Waals surface area contributed by atoms with Gasteiger partial charge < -0.3 is 15.2 Å². The van der Waals surface area contributed by atoms with Crippen molar-refractivity contribution in [1.29, 1.82) is 0 Å². The van der Waals surface area contributed by atoms with Crippen molar-refractivity contribution in [2.45, 2.75) is 61.1 Å². The first-order chi connectivity index (χ1) is 18.5. The van der Waals surface area contributed by atoms with Crippen LogP contribution in [0.3, 0.4) is 0 Å². The fourth-order valence-electron chi connectivity index (χ4n) is 4.74. The largest absolute Gasteiger partial charge is 0.430 e. The number of hydrogen-bond acceptors (Lipinski definition) is 6. The van der Waals surface area contributed by atoms with Gasteiger partial charge in [0.15, 0.2) is 5.78 Å². The SMILES string of the molecule is Cc1ccc(S(=O)(=O)N2c3ccc(C(O)(C(F)(F)F)C(F)(F)F)cc3CC[C@H]2CC(=O)NC2COCC2=O)cc1. The van der Waals surface area contributed by atoms with Crippen LogP contribution in [0.25, 0.3) is 0 Å². The first-order valence-corrected chi connectivity index (χ1v) is 13.4. The van der Waals surface area contributed by atoms with Crippen molar-refractivity contribution in [2.24, 2.45) is 0 Å². The van der Waals surface area contributed by atoms with E-state index in [4.69, 9.17) is 4.74 Å². The van der Waals surface area contributed by atoms with Crippen molar-refractivity contribution in [3.63, 3.8) is 0 Å². The van der Waals surface area contributed by atoms with Crippen LogP contribution in [-0.2, 0) is 36.4 Å². The number of Topliss-reactive ketones (excluding diaryl/α,β-unsaturated/α-hetero) is 1. The smallest absolute Gasteiger partial charge is 0.371 e. The molecule has 0 aliphatic carbocycles. The number of amides is 1. The molecule has 40 heavy (non-hydrogen) atoms. The maximum absolute atomic E-state index is 13.8. The van der Waals surface area contributed by atoms with Gasteiger partial charge in [-0.1, -0.05) is 29.8 Å². The Hall–Kier alpha value is -3.17. The van der Waals surface area contributed by atoms with E-state index in [0.717, 1.165) is 15.9 Å². The number of benzene rings is 2. The summed E-state index contributed by atoms with van der Waals surface area (Å²) >= 11 is 0. The standard InChI is InChI=1S/C25H24F6N2O6S/c1-14-2-7-18(8-3-14)40(37,38)33-17(11-22(35)32-19-12-39-13-21(19)34)6-4-15-10-16(5-9-20(15)33)23(36,24(26,27)28)25(29,30)31/h2-3,5,7-10,17,19,36H,4,6,11-13H2,1H3,(H,32,35)/t17-,19?/m0/s1. The van der Waals surface area contributed by atoms with Gasteiger partial charge in [0, 0.05) is 12.0 Å². The molecule has 1 saturated heterocycles. The second kappa shape index (κ2) is 10.3. The highest BCUT2D eigenvalue weighted by atomic mass is 32.2. The van der Waals surface area contributed by atoms with Gasteiger partial charge in [-0.3, -0.25) is 13.9 Å². The number of fused-ring (bicyclic) bond motifs is 1. The quantitative estimate of drug-likeness (QED) is 0.497. The van der Waals surface area contributed by atoms with Crippen LogP contribution in [0.15, 0.2) is 47.4 Å². The topological polar surface area (TPSA) is 113 Å². The summed E-state index contributed by atoms with van der Waals surface area (Å²) < 4.78 is 114. The van der Waals surface area contributed by atoms with Crippen LogP contribution in [0.4, 0.5) is 32.0 Å². The van der Waals surface area contributed by atoms with Gasteiger partial charge in [0.05, 0.1) is 23.2 Å². The van der Waals surface area contributed by atoms with E-state index in [1.54, 1.807) is 6.92 Å². The number of sulfonamides is 1. The summed E-state index contributed by atoms with van der Waals surface area (Å²) in [7, 11) is -4.48. The van der Waals surface area contributed by atoms with Crippen LogP contribution in [-0.4, -0.2) is 62.9 Å². The molecule has 2 aromatic carbocycles. The molecule has 2 atom stereocenters. The molecule has 218 valence electrons. The van der Waals surface area contributed by atoms with Crippen LogP contribution in [0.5, 0.6) is 0 Å². The number of hydrogen-bond donors (Lipinski definition) is 2. The lowest BCUT2D eigenvalue weighted by Crippen LogP contribution is -2.54. The molecule has 1 amide bonds. The van der Waals surface area contributed by atoms with Gasteiger partial charge >= 0.3 is 12.4 Å². The summed E-state index contributed by atoms with van der Waals surface area (Å²) in [4.78, 5) is 24.4. The van der Waals surface area contributed by atoms with E-state index in [2.05, 4.69) is 5.32 Å². The summed E-state index contributed by atoms with van der Waals surface area (Å²) in [6.07, 6.45) is -13.0. The summed E-state index contributed by atoms with van der Waals surface area (Å²) in [6, 6.07) is 5.17. The second-order valence-electron chi connectivity index (χ2n) is 9.66. The lowest BCUT2D eigenvalue weighted by molar-refractivity contribution is -0.376. The number of ether oxygens (including phenoxy) is 1. The van der Waals surface area contributed by atoms with Gasteiger partial charge in [-0.2, -0.15) is 26.3 Å². The summed E-state index contributed by atoms with van der Waals surface area (Å²) in [6.45, 7) is 1.45. The molecule has 1 fully saturated rings. The van der Waals surface area contributed by atoms with E-state index in [-0.39, 0.29) is 48.0 Å². The fourth-order valence-corrected chi connectivity index (χ4v) is 6.46. The number of ketones is 1. The Morgan fingerprint density at radius 3 is 2.25 bits per heavy atom. The second-order valence-corrected chi connectivity index (χ2v) is 11.5. The molecule has 0 aromatic heterocycles. The zero-order valence-electron chi connectivity index (χ0n) is 20.8. The Bertz CT molecular complexity index is 1390. The van der Waals surface area contributed by atoms with Crippen molar-refractivity contribution in [2.75, 3.05) is 17.5 Å². The van der Waals surface area contributed by atoms with Crippen LogP contribution < -0.4 is 9.62 Å². The van der Waals surface area contributed by atoms with Crippen LogP contribution >= 0.6 is 0 Å². The van der Waals surface area contributed by atoms with Crippen LogP contribution in [0.2, 0.25) is 0 Å². The highest BCUT2D eigenvalue weighted by Crippen LogP contribution is 2.51. The Morgan fingerprint density at radius 2 is 1.70 bits per heavy atom. The number of nitrogens with one attached hydrogen (secondary N) is 1. The van der Waals surface area contributed by atoms with E-state index in [1.807, 2.05) is 0 Å². The van der Waals surface area contributed by atoms with Gasteiger partial charge in [-0.25, -0.2) is 8.42 Å². The molecule has 15 heteroatoms. The molecule has 1 unspecified atom stereocenters. The average Bonchev–Trinajstić information content (AvgIpc) is 3.25. The molecule has 2 heterocycles. The van der Waals surface area contributed by atoms with E-state index < -0.39 is 58.0 Å². The van der Waals surface area contributed by atoms with E-state index in [9.17, 15) is 49.5 Å². The molecular formula is C25H24F6N2O6S. The zero-order chi connectivity index (χ0) is 29.7. The Balaban J connectivity index is 1.77. The van der Waals surface area contributed by atoms with Crippen molar-refractivity contribution in [1.82, 2.24) is 5.32 Å². The number of aliphatic hydroxyl groups is 1. The predicted octanol–water partition coefficient (Wildman–Crippen LogP) is 3.29. The van der Waals surface area contributed by atoms with E-state index in [0.29, 0.717) is 12.1 Å². The highest BCUT2D eigenvalue weighted by Gasteiger charge is 2.71. The minimum Gasteiger partial charge on any atom is -0.371 e. The predicted molar refractivity (Wildman–Crippen MR) is 128 cm³/mol. The summed E-state index contributed by atoms with van der Waals surface area (Å²) in [5.41, 5.74) is -6.42. The number of aryl methyl sites for hydroxylation is 2. The third kappa shape index (κ3) is 5.29. The number of carbonyl (C=O) groups excluding carboxylic acids is 2. The van der Waals surface area contributed by atoms with Gasteiger partial charge in [-0.05, 0) is 43.5 Å². The van der Waals surface area contributed by atoms with E-state index in [1.165, 1.54) is 24.3 Å². The summed E-state index contributed by atoms with van der Waals surface area (Å²) in [5, 5.41) is 12.3. The van der Waals surface area contributed by atoms with Crippen molar-refractivity contribution in [3.8, 4) is 0 Å². The Labute approximate surface area is 225 Å². The molecule has 0 bridgehead atoms. The maximum atomic E-state index is 13.8. The molecule has 2 aromatic rings. The van der Waals surface area contributed by atoms with Crippen molar-refractivity contribution >= 4 is 27.4 Å². The van der Waals surface area contributed by atoms with Gasteiger partial charge in [-0.15, -0.1) is 0 Å². The minimum absolute atomic E-state index is 0.0620. The Kier molecular flexibility index (Phi) is 7.71. The van der Waals surface area contributed by atoms with Crippen molar-refractivity contribution in [3.05, 3.63) is 59.2 Å². The van der Waals surface area contributed by atoms with Gasteiger partial charge in [0.1, 0.15) is 12.6 Å². The van der Waals surface area contributed by atoms with Crippen molar-refractivity contribution < 1.29 is 54.2 Å². The van der Waals surface area contributed by atoms with Gasteiger partial charge in [0.2, 0.25) is 5.91 Å². The van der Waals surface area contributed by atoms with Crippen LogP contribution in [0, 0.1) is 6.92 Å². The highest BCUT2D eigenvalue weighted by molar-refractivity contribution is 7.92. The lowest BCUT2D eigenvalue weighted by atomic mass is 9.87. The fraction of sp³-hybridized carbons (Fsp3) is 0.440. The number of halogens is 6. The maximum Gasteiger partial charge on any atom is 0.430 e. The Morgan fingerprint density at radius 1 is 1.07 bits per heavy atom. The number of rotatable bonds is 6. The third-order valence-corrected chi connectivity index (χ3v) is 8.77. The monoisotopic (exact) mass is 594 g/mol. The molecule has 4 rings (SSSR count). The first-order valence-electron chi connectivity index (χ1n) is 12.0. The number of alkyl halides is 6. The lowest BCUT2D eigenvalue weighted by Gasteiger charge is -2.39. The molecule has 2 aliphatic rings. The first kappa shape index (κ1) is 29.8. The normalized spacial score (nSPS) is 20.4. The number of nitrogens with zero attached hydrogens (tertiary/aromatic N) is 1. The average molecular weight is 595 g/mol. The molecule has 8 nitrogen and oxygen atoms in total. The number of anilines is 1. The number of carbonyl (C=O) groups is 2. The molecular weight excluding hydrogens is 570 g/mol. The summed E-state index contributed by atoms with van der Waals surface area (Å²) in [5.74, 6) is -1.07. The third-order valence-electron chi connectivity index (χ3n) is 6.89. The van der Waals surface area contributed by atoms with Gasteiger partial charge in [0.25, 0.3) is 15.6 Å². The minimum atomic E-state index is -6.12. The molecule has 0 radical (unpaired) electrons. The molecule has 0 spiro atoms. The molecule has 2 N–H and O–H groups in total. The molecule has 2 aliphatic heterocycles. The molecule has 0 saturated carbocycles.